The molecule has 2 N–H and O–H groups in total. The van der Waals surface area contributed by atoms with Gasteiger partial charge in [0.05, 0.1) is 5.60 Å². The standard InChI is InChI=1S/C19H34O3Si/c1-18(2,3)23(4,5)22-15-8-9-19(21,10-11-20)17-14-7-6-13(12-14)16(15)17/h6-7,13-17,20-21H,8-12H2,1-5H3/t13-,14+,15+,16+,17+,19+/m0/s1. The van der Waals surface area contributed by atoms with Gasteiger partial charge in [0.1, 0.15) is 0 Å². The molecule has 0 heterocycles. The maximum absolute atomic E-state index is 11.2. The van der Waals surface area contributed by atoms with E-state index < -0.39 is 13.9 Å². The third-order valence-electron chi connectivity index (χ3n) is 7.23. The molecule has 3 aliphatic rings. The van der Waals surface area contributed by atoms with Crippen LogP contribution in [0, 0.1) is 23.7 Å². The summed E-state index contributed by atoms with van der Waals surface area (Å²) >= 11 is 0. The lowest BCUT2D eigenvalue weighted by atomic mass is 9.62. The quantitative estimate of drug-likeness (QED) is 0.607. The van der Waals surface area contributed by atoms with Crippen molar-refractivity contribution in [2.24, 2.45) is 23.7 Å². The highest BCUT2D eigenvalue weighted by molar-refractivity contribution is 6.74. The molecule has 0 radical (unpaired) electrons. The smallest absolute Gasteiger partial charge is 0.192 e. The summed E-state index contributed by atoms with van der Waals surface area (Å²) in [6.45, 7) is 11.6. The van der Waals surface area contributed by atoms with Gasteiger partial charge in [0, 0.05) is 12.7 Å². The van der Waals surface area contributed by atoms with Crippen LogP contribution in [0.3, 0.4) is 0 Å². The lowest BCUT2D eigenvalue weighted by molar-refractivity contribution is -0.125. The van der Waals surface area contributed by atoms with Crippen molar-refractivity contribution in [1.29, 1.82) is 0 Å². The monoisotopic (exact) mass is 338 g/mol. The second-order valence-electron chi connectivity index (χ2n) is 9.58. The molecule has 3 aliphatic carbocycles. The number of fused-ring (bicyclic) bond motifs is 5. The van der Waals surface area contributed by atoms with Crippen molar-refractivity contribution in [2.75, 3.05) is 6.61 Å². The van der Waals surface area contributed by atoms with Crippen molar-refractivity contribution in [1.82, 2.24) is 0 Å². The van der Waals surface area contributed by atoms with E-state index >= 15 is 0 Å². The van der Waals surface area contributed by atoms with E-state index in [9.17, 15) is 10.2 Å². The van der Waals surface area contributed by atoms with Crippen LogP contribution in [0.25, 0.3) is 0 Å². The molecule has 0 spiro atoms. The van der Waals surface area contributed by atoms with Crippen molar-refractivity contribution in [2.45, 2.75) is 76.3 Å². The van der Waals surface area contributed by atoms with E-state index in [4.69, 9.17) is 4.43 Å². The SMILES string of the molecule is CC(C)(C)[Si](C)(C)O[C@@H]1CC[C@@](O)(CCO)[C@H]2[C@@H]1[C@H]1C=C[C@@H]2C1. The maximum atomic E-state index is 11.2. The summed E-state index contributed by atoms with van der Waals surface area (Å²) in [5, 5.41) is 20.8. The van der Waals surface area contributed by atoms with E-state index in [1.807, 2.05) is 0 Å². The van der Waals surface area contributed by atoms with Gasteiger partial charge in [0.15, 0.2) is 8.32 Å². The Morgan fingerprint density at radius 3 is 2.48 bits per heavy atom. The van der Waals surface area contributed by atoms with E-state index in [-0.39, 0.29) is 23.7 Å². The molecule has 0 unspecified atom stereocenters. The third-order valence-corrected chi connectivity index (χ3v) is 11.7. The number of allylic oxidation sites excluding steroid dienone is 2. The lowest BCUT2D eigenvalue weighted by Crippen LogP contribution is -2.56. The molecule has 3 rings (SSSR count). The molecule has 0 amide bonds. The normalized spacial score (nSPS) is 43.0. The van der Waals surface area contributed by atoms with E-state index in [2.05, 4.69) is 46.0 Å². The summed E-state index contributed by atoms with van der Waals surface area (Å²) in [7, 11) is -1.80. The highest BCUT2D eigenvalue weighted by atomic mass is 28.4. The summed E-state index contributed by atoms with van der Waals surface area (Å²) in [6.07, 6.45) is 8.33. The summed E-state index contributed by atoms with van der Waals surface area (Å²) in [5.41, 5.74) is -0.698. The molecule has 2 bridgehead atoms. The zero-order valence-corrected chi connectivity index (χ0v) is 16.4. The fraction of sp³-hybridized carbons (Fsp3) is 0.895. The Labute approximate surface area is 142 Å². The molecule has 132 valence electrons. The van der Waals surface area contributed by atoms with Crippen molar-refractivity contribution < 1.29 is 14.6 Å². The van der Waals surface area contributed by atoms with Crippen LogP contribution in [-0.4, -0.2) is 36.8 Å². The predicted octanol–water partition coefficient (Wildman–Crippen LogP) is 3.72. The highest BCUT2D eigenvalue weighted by Gasteiger charge is 2.59. The number of hydrogen-bond donors (Lipinski definition) is 2. The summed E-state index contributed by atoms with van der Waals surface area (Å²) in [5.74, 6) is 1.75. The fourth-order valence-electron chi connectivity index (χ4n) is 5.05. The average molecular weight is 339 g/mol. The molecule has 0 aromatic rings. The minimum atomic E-state index is -1.80. The topological polar surface area (TPSA) is 49.7 Å². The zero-order chi connectivity index (χ0) is 17.0. The number of aliphatic hydroxyl groups is 2. The number of aliphatic hydroxyl groups excluding tert-OH is 1. The Balaban J connectivity index is 1.84. The Morgan fingerprint density at radius 1 is 1.22 bits per heavy atom. The van der Waals surface area contributed by atoms with E-state index in [0.29, 0.717) is 24.2 Å². The van der Waals surface area contributed by atoms with Gasteiger partial charge >= 0.3 is 0 Å². The molecule has 6 atom stereocenters. The molecule has 0 saturated heterocycles. The molecule has 0 aromatic carbocycles. The van der Waals surface area contributed by atoms with Gasteiger partial charge in [-0.05, 0) is 67.5 Å². The van der Waals surface area contributed by atoms with Crippen molar-refractivity contribution in [3.05, 3.63) is 12.2 Å². The first-order chi connectivity index (χ1) is 10.6. The van der Waals surface area contributed by atoms with Crippen LogP contribution < -0.4 is 0 Å². The van der Waals surface area contributed by atoms with Gasteiger partial charge in [0.2, 0.25) is 0 Å². The first-order valence-electron chi connectivity index (χ1n) is 9.28. The minimum absolute atomic E-state index is 0.0780. The highest BCUT2D eigenvalue weighted by Crippen LogP contribution is 2.59. The first-order valence-corrected chi connectivity index (χ1v) is 12.2. The van der Waals surface area contributed by atoms with Crippen LogP contribution >= 0.6 is 0 Å². The maximum Gasteiger partial charge on any atom is 0.192 e. The largest absolute Gasteiger partial charge is 0.414 e. The van der Waals surface area contributed by atoms with Crippen LogP contribution in [0.2, 0.25) is 18.1 Å². The molecule has 0 aliphatic heterocycles. The fourth-order valence-corrected chi connectivity index (χ4v) is 6.44. The molecule has 23 heavy (non-hydrogen) atoms. The zero-order valence-electron chi connectivity index (χ0n) is 15.4. The molecule has 2 saturated carbocycles. The van der Waals surface area contributed by atoms with E-state index in [1.165, 1.54) is 6.42 Å². The van der Waals surface area contributed by atoms with Crippen molar-refractivity contribution >= 4 is 8.32 Å². The first kappa shape index (κ1) is 17.7. The summed E-state index contributed by atoms with van der Waals surface area (Å²) in [4.78, 5) is 0. The third kappa shape index (κ3) is 2.86. The predicted molar refractivity (Wildman–Crippen MR) is 95.7 cm³/mol. The van der Waals surface area contributed by atoms with Gasteiger partial charge in [-0.15, -0.1) is 0 Å². The van der Waals surface area contributed by atoms with E-state index in [1.54, 1.807) is 0 Å². The number of rotatable bonds is 4. The molecule has 0 aromatic heterocycles. The second-order valence-corrected chi connectivity index (χ2v) is 14.3. The van der Waals surface area contributed by atoms with Crippen LogP contribution in [0.5, 0.6) is 0 Å². The van der Waals surface area contributed by atoms with Crippen LogP contribution in [-0.2, 0) is 4.43 Å². The van der Waals surface area contributed by atoms with Crippen LogP contribution in [0.1, 0.15) is 46.5 Å². The van der Waals surface area contributed by atoms with Gasteiger partial charge in [-0.25, -0.2) is 0 Å². The van der Waals surface area contributed by atoms with Crippen LogP contribution in [0.4, 0.5) is 0 Å². The Morgan fingerprint density at radius 2 is 1.87 bits per heavy atom. The van der Waals surface area contributed by atoms with Gasteiger partial charge in [-0.3, -0.25) is 0 Å². The minimum Gasteiger partial charge on any atom is -0.414 e. The van der Waals surface area contributed by atoms with E-state index in [0.717, 1.165) is 12.8 Å². The average Bonchev–Trinajstić information content (AvgIpc) is 3.02. The summed E-state index contributed by atoms with van der Waals surface area (Å²) in [6, 6.07) is 0. The summed E-state index contributed by atoms with van der Waals surface area (Å²) < 4.78 is 6.81. The number of hydrogen-bond acceptors (Lipinski definition) is 3. The van der Waals surface area contributed by atoms with Gasteiger partial charge in [0.25, 0.3) is 0 Å². The lowest BCUT2D eigenvalue weighted by Gasteiger charge is -2.51. The van der Waals surface area contributed by atoms with Crippen molar-refractivity contribution in [3.63, 3.8) is 0 Å². The Hall–Kier alpha value is -0.163. The Bertz CT molecular complexity index is 481. The molecular weight excluding hydrogens is 304 g/mol. The van der Waals surface area contributed by atoms with Gasteiger partial charge < -0.3 is 14.6 Å². The van der Waals surface area contributed by atoms with Crippen LogP contribution in [0.15, 0.2) is 12.2 Å². The molecule has 4 heteroatoms. The van der Waals surface area contributed by atoms with Gasteiger partial charge in [-0.2, -0.15) is 0 Å². The Kier molecular flexibility index (Phi) is 4.36. The molecule has 2 fully saturated rings. The van der Waals surface area contributed by atoms with Crippen molar-refractivity contribution in [3.8, 4) is 0 Å². The molecular formula is C19H34O3Si. The second kappa shape index (κ2) is 5.69. The molecule has 3 nitrogen and oxygen atoms in total. The van der Waals surface area contributed by atoms with Gasteiger partial charge in [-0.1, -0.05) is 32.9 Å².